The molecule has 38 heavy (non-hydrogen) atoms. The number of nitrogens with zero attached hydrogens (tertiary/aromatic N) is 3. The van der Waals surface area contributed by atoms with Crippen LogP contribution in [0.3, 0.4) is 0 Å². The van der Waals surface area contributed by atoms with Crippen molar-refractivity contribution in [3.63, 3.8) is 0 Å². The zero-order chi connectivity index (χ0) is 26.4. The summed E-state index contributed by atoms with van der Waals surface area (Å²) in [4.78, 5) is 22.1. The van der Waals surface area contributed by atoms with E-state index in [2.05, 4.69) is 21.2 Å². The van der Waals surface area contributed by atoms with Crippen molar-refractivity contribution in [2.45, 2.75) is 18.8 Å². The van der Waals surface area contributed by atoms with E-state index in [1.165, 1.54) is 12.1 Å². The maximum Gasteiger partial charge on any atom is 0.298 e. The van der Waals surface area contributed by atoms with Crippen LogP contribution in [0, 0.1) is 5.82 Å². The number of rotatable bonds is 5. The van der Waals surface area contributed by atoms with Gasteiger partial charge in [0.15, 0.2) is 5.58 Å². The van der Waals surface area contributed by atoms with Crippen molar-refractivity contribution in [2.75, 3.05) is 44.0 Å². The van der Waals surface area contributed by atoms with Gasteiger partial charge in [0.05, 0.1) is 5.56 Å². The summed E-state index contributed by atoms with van der Waals surface area (Å²) in [6.45, 7) is 1.62. The molecule has 5 aromatic rings. The van der Waals surface area contributed by atoms with E-state index in [0.717, 1.165) is 53.7 Å². The SMILES string of the molecule is CNC(=O)c1c(-c2ccc(F)cc2)oc2cc(N(C)C)c([C@H]3CCCN(c4nc5ccccc5o4)C3)cc12. The Morgan fingerprint density at radius 3 is 2.61 bits per heavy atom. The van der Waals surface area contributed by atoms with Gasteiger partial charge in [0.1, 0.15) is 22.7 Å². The number of furan rings is 1. The summed E-state index contributed by atoms with van der Waals surface area (Å²) in [6, 6.07) is 18.5. The van der Waals surface area contributed by atoms with E-state index < -0.39 is 0 Å². The summed E-state index contributed by atoms with van der Waals surface area (Å²) in [6.07, 6.45) is 1.99. The lowest BCUT2D eigenvalue weighted by atomic mass is 9.88. The molecule has 6 rings (SSSR count). The quantitative estimate of drug-likeness (QED) is 0.303. The van der Waals surface area contributed by atoms with E-state index in [1.807, 2.05) is 44.4 Å². The number of piperidine rings is 1. The summed E-state index contributed by atoms with van der Waals surface area (Å²) < 4.78 is 26.0. The molecule has 8 heteroatoms. The molecular weight excluding hydrogens is 483 g/mol. The Bertz CT molecular complexity index is 1600. The first-order valence-electron chi connectivity index (χ1n) is 12.8. The number of oxazole rings is 1. The molecule has 1 aliphatic heterocycles. The van der Waals surface area contributed by atoms with Crippen LogP contribution in [-0.4, -0.2) is 45.1 Å². The highest BCUT2D eigenvalue weighted by molar-refractivity contribution is 6.11. The summed E-state index contributed by atoms with van der Waals surface area (Å²) in [7, 11) is 5.62. The Labute approximate surface area is 219 Å². The minimum absolute atomic E-state index is 0.197. The molecule has 7 nitrogen and oxygen atoms in total. The molecule has 1 atom stereocenters. The van der Waals surface area contributed by atoms with Gasteiger partial charge in [0.25, 0.3) is 11.9 Å². The Morgan fingerprint density at radius 1 is 1.08 bits per heavy atom. The molecular formula is C30H29FN4O3. The van der Waals surface area contributed by atoms with Gasteiger partial charge in [0, 0.05) is 62.9 Å². The minimum atomic E-state index is -0.343. The second kappa shape index (κ2) is 9.52. The Kier molecular flexibility index (Phi) is 6.02. The van der Waals surface area contributed by atoms with Crippen molar-refractivity contribution in [1.82, 2.24) is 10.3 Å². The van der Waals surface area contributed by atoms with Gasteiger partial charge in [-0.3, -0.25) is 4.79 Å². The van der Waals surface area contributed by atoms with E-state index in [4.69, 9.17) is 13.8 Å². The van der Waals surface area contributed by atoms with E-state index in [9.17, 15) is 9.18 Å². The lowest BCUT2D eigenvalue weighted by molar-refractivity contribution is 0.0964. The molecule has 0 aliphatic carbocycles. The molecule has 1 fully saturated rings. The van der Waals surface area contributed by atoms with Gasteiger partial charge in [-0.05, 0) is 60.9 Å². The molecule has 0 bridgehead atoms. The molecule has 2 aromatic heterocycles. The maximum atomic E-state index is 13.6. The molecule has 0 unspecified atom stereocenters. The van der Waals surface area contributed by atoms with Gasteiger partial charge in [-0.2, -0.15) is 4.98 Å². The van der Waals surface area contributed by atoms with Crippen LogP contribution >= 0.6 is 0 Å². The van der Waals surface area contributed by atoms with E-state index in [-0.39, 0.29) is 17.6 Å². The third-order valence-electron chi connectivity index (χ3n) is 7.29. The number of fused-ring (bicyclic) bond motifs is 2. The normalized spacial score (nSPS) is 15.8. The number of hydrogen-bond acceptors (Lipinski definition) is 6. The first kappa shape index (κ1) is 24.0. The highest BCUT2D eigenvalue weighted by Gasteiger charge is 2.29. The van der Waals surface area contributed by atoms with Crippen LogP contribution in [0.4, 0.5) is 16.1 Å². The van der Waals surface area contributed by atoms with Gasteiger partial charge < -0.3 is 24.0 Å². The number of benzene rings is 3. The predicted molar refractivity (Wildman–Crippen MR) is 148 cm³/mol. The van der Waals surface area contributed by atoms with Gasteiger partial charge in [-0.15, -0.1) is 0 Å². The highest BCUT2D eigenvalue weighted by atomic mass is 19.1. The molecule has 0 spiro atoms. The molecule has 1 N–H and O–H groups in total. The van der Waals surface area contributed by atoms with Crippen molar-refractivity contribution in [3.05, 3.63) is 77.6 Å². The fraction of sp³-hybridized carbons (Fsp3) is 0.267. The number of halogens is 1. The second-order valence-electron chi connectivity index (χ2n) is 9.94. The summed E-state index contributed by atoms with van der Waals surface area (Å²) in [5.41, 5.74) is 5.51. The molecule has 3 aromatic carbocycles. The smallest absolute Gasteiger partial charge is 0.298 e. The monoisotopic (exact) mass is 512 g/mol. The number of carbonyl (C=O) groups excluding carboxylic acids is 1. The number of anilines is 2. The molecule has 1 aliphatic rings. The zero-order valence-corrected chi connectivity index (χ0v) is 21.6. The van der Waals surface area contributed by atoms with Gasteiger partial charge in [-0.25, -0.2) is 4.39 Å². The van der Waals surface area contributed by atoms with Crippen molar-refractivity contribution >= 4 is 39.7 Å². The Balaban J connectivity index is 1.45. The largest absolute Gasteiger partial charge is 0.455 e. The topological polar surface area (TPSA) is 74.8 Å². The molecule has 0 saturated carbocycles. The summed E-state index contributed by atoms with van der Waals surface area (Å²) >= 11 is 0. The molecule has 194 valence electrons. The lowest BCUT2D eigenvalue weighted by Gasteiger charge is -2.33. The van der Waals surface area contributed by atoms with Gasteiger partial charge in [-0.1, -0.05) is 12.1 Å². The highest BCUT2D eigenvalue weighted by Crippen LogP contribution is 2.41. The third kappa shape index (κ3) is 4.16. The van der Waals surface area contributed by atoms with Crippen molar-refractivity contribution < 1.29 is 18.0 Å². The van der Waals surface area contributed by atoms with Crippen LogP contribution in [0.5, 0.6) is 0 Å². The third-order valence-corrected chi connectivity index (χ3v) is 7.29. The molecule has 1 amide bonds. The van der Waals surface area contributed by atoms with Gasteiger partial charge in [0.2, 0.25) is 0 Å². The molecule has 1 saturated heterocycles. The van der Waals surface area contributed by atoms with Crippen molar-refractivity contribution in [2.24, 2.45) is 0 Å². The van der Waals surface area contributed by atoms with Gasteiger partial charge >= 0.3 is 0 Å². The predicted octanol–water partition coefficient (Wildman–Crippen LogP) is 6.19. The minimum Gasteiger partial charge on any atom is -0.455 e. The van der Waals surface area contributed by atoms with E-state index >= 15 is 0 Å². The first-order chi connectivity index (χ1) is 18.4. The molecule has 0 radical (unpaired) electrons. The van der Waals surface area contributed by atoms with Crippen LogP contribution in [0.2, 0.25) is 0 Å². The lowest BCUT2D eigenvalue weighted by Crippen LogP contribution is -2.35. The Hall–Kier alpha value is -4.33. The first-order valence-corrected chi connectivity index (χ1v) is 12.8. The number of nitrogens with one attached hydrogen (secondary N) is 1. The maximum absolute atomic E-state index is 13.6. The van der Waals surface area contributed by atoms with Crippen LogP contribution in [0.15, 0.2) is 69.5 Å². The van der Waals surface area contributed by atoms with Crippen LogP contribution < -0.4 is 15.1 Å². The van der Waals surface area contributed by atoms with Crippen molar-refractivity contribution in [3.8, 4) is 11.3 Å². The Morgan fingerprint density at radius 2 is 1.87 bits per heavy atom. The molecule has 3 heterocycles. The summed E-state index contributed by atoms with van der Waals surface area (Å²) in [5, 5.41) is 3.49. The number of amides is 1. The fourth-order valence-corrected chi connectivity index (χ4v) is 5.42. The standard InChI is InChI=1S/C30H29FN4O3/c1-32-29(36)27-22-15-21(19-7-6-14-35(17-19)30-33-23-8-4-5-9-25(23)38-30)24(34(2)3)16-26(22)37-28(27)18-10-12-20(31)13-11-18/h4-5,8-13,15-16,19H,6-7,14,17H2,1-3H3,(H,32,36)/t19-/m0/s1. The van der Waals surface area contributed by atoms with Crippen LogP contribution in [0.25, 0.3) is 33.4 Å². The number of para-hydroxylation sites is 2. The fourth-order valence-electron chi connectivity index (χ4n) is 5.42. The average molecular weight is 513 g/mol. The number of hydrogen-bond donors (Lipinski definition) is 1. The number of carbonyl (C=O) groups is 1. The van der Waals surface area contributed by atoms with Crippen LogP contribution in [-0.2, 0) is 0 Å². The average Bonchev–Trinajstić information content (AvgIpc) is 3.54. The summed E-state index contributed by atoms with van der Waals surface area (Å²) in [5.74, 6) is 0.0351. The number of aromatic nitrogens is 1. The van der Waals surface area contributed by atoms with Crippen LogP contribution in [0.1, 0.15) is 34.7 Å². The van der Waals surface area contributed by atoms with Crippen molar-refractivity contribution in [1.29, 1.82) is 0 Å². The van der Waals surface area contributed by atoms with E-state index in [0.29, 0.717) is 28.5 Å². The second-order valence-corrected chi connectivity index (χ2v) is 9.94. The zero-order valence-electron chi connectivity index (χ0n) is 21.6. The van der Waals surface area contributed by atoms with E-state index in [1.54, 1.807) is 19.2 Å².